The highest BCUT2D eigenvalue weighted by Gasteiger charge is 2.20. The summed E-state index contributed by atoms with van der Waals surface area (Å²) >= 11 is 0. The summed E-state index contributed by atoms with van der Waals surface area (Å²) < 4.78 is 0. The molecule has 0 aromatic carbocycles. The number of hydrogen-bond acceptors (Lipinski definition) is 4. The lowest BCUT2D eigenvalue weighted by Gasteiger charge is -2.36. The first-order valence-corrected chi connectivity index (χ1v) is 7.57. The van der Waals surface area contributed by atoms with Gasteiger partial charge >= 0.3 is 0 Å². The summed E-state index contributed by atoms with van der Waals surface area (Å²) in [5, 5.41) is 3.41. The molecule has 2 aliphatic heterocycles. The standard InChI is InChI=1S/C14H30N4/c1-16-8-3-5-14(13-16)17(2)9-4-10-18-11-6-15-7-12-18/h14-15H,3-13H2,1-2H3. The largest absolute Gasteiger partial charge is 0.314 e. The lowest BCUT2D eigenvalue weighted by atomic mass is 10.0. The summed E-state index contributed by atoms with van der Waals surface area (Å²) in [4.78, 5) is 7.65. The van der Waals surface area contributed by atoms with Gasteiger partial charge in [0.25, 0.3) is 0 Å². The second kappa shape index (κ2) is 7.43. The van der Waals surface area contributed by atoms with E-state index in [1.165, 1.54) is 71.6 Å². The summed E-state index contributed by atoms with van der Waals surface area (Å²) in [6.07, 6.45) is 4.06. The molecule has 2 rings (SSSR count). The number of piperazine rings is 1. The monoisotopic (exact) mass is 254 g/mol. The van der Waals surface area contributed by atoms with Gasteiger partial charge in [0, 0.05) is 38.8 Å². The molecule has 1 atom stereocenters. The highest BCUT2D eigenvalue weighted by Crippen LogP contribution is 2.13. The number of likely N-dealkylation sites (tertiary alicyclic amines) is 1. The normalized spacial score (nSPS) is 27.8. The molecule has 0 aliphatic carbocycles. The maximum Gasteiger partial charge on any atom is 0.0220 e. The van der Waals surface area contributed by atoms with Crippen molar-refractivity contribution in [3.63, 3.8) is 0 Å². The molecule has 0 spiro atoms. The van der Waals surface area contributed by atoms with Crippen LogP contribution in [0.3, 0.4) is 0 Å². The highest BCUT2D eigenvalue weighted by molar-refractivity contribution is 4.78. The van der Waals surface area contributed by atoms with Gasteiger partial charge < -0.3 is 20.0 Å². The zero-order chi connectivity index (χ0) is 12.8. The van der Waals surface area contributed by atoms with Gasteiger partial charge in [0.05, 0.1) is 0 Å². The summed E-state index contributed by atoms with van der Waals surface area (Å²) in [6.45, 7) is 9.87. The van der Waals surface area contributed by atoms with Crippen molar-refractivity contribution in [1.29, 1.82) is 0 Å². The van der Waals surface area contributed by atoms with Crippen LogP contribution in [0.5, 0.6) is 0 Å². The van der Waals surface area contributed by atoms with Crippen LogP contribution in [-0.4, -0.2) is 87.2 Å². The van der Waals surface area contributed by atoms with Gasteiger partial charge in [-0.05, 0) is 53.0 Å². The minimum atomic E-state index is 0.784. The lowest BCUT2D eigenvalue weighted by Crippen LogP contribution is -2.46. The van der Waals surface area contributed by atoms with Gasteiger partial charge in [-0.2, -0.15) is 0 Å². The van der Waals surface area contributed by atoms with E-state index in [1.54, 1.807) is 0 Å². The second-order valence-electron chi connectivity index (χ2n) is 5.98. The molecule has 2 heterocycles. The van der Waals surface area contributed by atoms with Crippen molar-refractivity contribution in [2.45, 2.75) is 25.3 Å². The van der Waals surface area contributed by atoms with E-state index in [0.717, 1.165) is 6.04 Å². The molecule has 1 unspecified atom stereocenters. The van der Waals surface area contributed by atoms with E-state index < -0.39 is 0 Å². The van der Waals surface area contributed by atoms with Crippen molar-refractivity contribution < 1.29 is 0 Å². The molecule has 4 heteroatoms. The Kier molecular flexibility index (Phi) is 5.89. The molecular weight excluding hydrogens is 224 g/mol. The van der Waals surface area contributed by atoms with Gasteiger partial charge in [0.15, 0.2) is 0 Å². The predicted octanol–water partition coefficient (Wildman–Crippen LogP) is 0.308. The van der Waals surface area contributed by atoms with Crippen LogP contribution in [0.2, 0.25) is 0 Å². The molecule has 2 aliphatic rings. The molecule has 1 N–H and O–H groups in total. The first kappa shape index (κ1) is 14.3. The van der Waals surface area contributed by atoms with Gasteiger partial charge in [0.1, 0.15) is 0 Å². The van der Waals surface area contributed by atoms with E-state index >= 15 is 0 Å². The maximum absolute atomic E-state index is 3.41. The van der Waals surface area contributed by atoms with Crippen molar-refractivity contribution in [1.82, 2.24) is 20.0 Å². The molecule has 2 fully saturated rings. The van der Waals surface area contributed by atoms with Gasteiger partial charge in [0.2, 0.25) is 0 Å². The van der Waals surface area contributed by atoms with Crippen molar-refractivity contribution in [3.05, 3.63) is 0 Å². The average molecular weight is 254 g/mol. The van der Waals surface area contributed by atoms with Crippen LogP contribution in [-0.2, 0) is 0 Å². The molecule has 106 valence electrons. The van der Waals surface area contributed by atoms with Crippen LogP contribution in [0.1, 0.15) is 19.3 Å². The third-order valence-electron chi connectivity index (χ3n) is 4.42. The topological polar surface area (TPSA) is 21.8 Å². The van der Waals surface area contributed by atoms with Gasteiger partial charge in [-0.15, -0.1) is 0 Å². The van der Waals surface area contributed by atoms with Crippen molar-refractivity contribution in [2.24, 2.45) is 0 Å². The van der Waals surface area contributed by atoms with Gasteiger partial charge in [-0.25, -0.2) is 0 Å². The van der Waals surface area contributed by atoms with E-state index in [1.807, 2.05) is 0 Å². The minimum absolute atomic E-state index is 0.784. The first-order valence-electron chi connectivity index (χ1n) is 7.57. The zero-order valence-electron chi connectivity index (χ0n) is 12.2. The maximum atomic E-state index is 3.41. The Morgan fingerprint density at radius 3 is 2.72 bits per heavy atom. The van der Waals surface area contributed by atoms with Crippen LogP contribution in [0.25, 0.3) is 0 Å². The Labute approximate surface area is 112 Å². The van der Waals surface area contributed by atoms with Crippen LogP contribution < -0.4 is 5.32 Å². The molecule has 0 saturated carbocycles. The summed E-state index contributed by atoms with van der Waals surface area (Å²) in [6, 6.07) is 0.784. The fourth-order valence-corrected chi connectivity index (χ4v) is 3.16. The van der Waals surface area contributed by atoms with Crippen molar-refractivity contribution in [2.75, 3.05) is 66.5 Å². The van der Waals surface area contributed by atoms with E-state index in [-0.39, 0.29) is 0 Å². The molecule has 0 bridgehead atoms. The quantitative estimate of drug-likeness (QED) is 0.762. The Morgan fingerprint density at radius 2 is 2.00 bits per heavy atom. The number of rotatable bonds is 5. The summed E-state index contributed by atoms with van der Waals surface area (Å²) in [7, 11) is 4.56. The predicted molar refractivity (Wildman–Crippen MR) is 77.1 cm³/mol. The fraction of sp³-hybridized carbons (Fsp3) is 1.00. The first-order chi connectivity index (χ1) is 8.75. The Morgan fingerprint density at radius 1 is 1.22 bits per heavy atom. The molecular formula is C14H30N4. The Balaban J connectivity index is 1.60. The molecule has 18 heavy (non-hydrogen) atoms. The van der Waals surface area contributed by atoms with Crippen LogP contribution in [0.4, 0.5) is 0 Å². The van der Waals surface area contributed by atoms with E-state index in [0.29, 0.717) is 0 Å². The van der Waals surface area contributed by atoms with E-state index in [9.17, 15) is 0 Å². The lowest BCUT2D eigenvalue weighted by molar-refractivity contribution is 0.127. The molecule has 0 aromatic rings. The molecule has 0 radical (unpaired) electrons. The third-order valence-corrected chi connectivity index (χ3v) is 4.42. The second-order valence-corrected chi connectivity index (χ2v) is 5.98. The van der Waals surface area contributed by atoms with E-state index in [4.69, 9.17) is 0 Å². The van der Waals surface area contributed by atoms with Gasteiger partial charge in [-0.1, -0.05) is 0 Å². The van der Waals surface area contributed by atoms with Crippen LogP contribution in [0.15, 0.2) is 0 Å². The van der Waals surface area contributed by atoms with Crippen LogP contribution >= 0.6 is 0 Å². The molecule has 0 aromatic heterocycles. The van der Waals surface area contributed by atoms with Crippen molar-refractivity contribution in [3.8, 4) is 0 Å². The smallest absolute Gasteiger partial charge is 0.0220 e. The number of nitrogens with zero attached hydrogens (tertiary/aromatic N) is 3. The zero-order valence-corrected chi connectivity index (χ0v) is 12.2. The Hall–Kier alpha value is -0.160. The fourth-order valence-electron chi connectivity index (χ4n) is 3.16. The number of piperidine rings is 1. The summed E-state index contributed by atoms with van der Waals surface area (Å²) in [5.74, 6) is 0. The number of likely N-dealkylation sites (N-methyl/N-ethyl adjacent to an activating group) is 2. The van der Waals surface area contributed by atoms with Gasteiger partial charge in [-0.3, -0.25) is 0 Å². The molecule has 2 saturated heterocycles. The SMILES string of the molecule is CN1CCCC(N(C)CCCN2CCNCC2)C1. The average Bonchev–Trinajstić information content (AvgIpc) is 2.40. The third kappa shape index (κ3) is 4.50. The minimum Gasteiger partial charge on any atom is -0.314 e. The van der Waals surface area contributed by atoms with E-state index in [2.05, 4.69) is 34.1 Å². The number of nitrogens with one attached hydrogen (secondary N) is 1. The number of hydrogen-bond donors (Lipinski definition) is 1. The highest BCUT2D eigenvalue weighted by atomic mass is 15.2. The van der Waals surface area contributed by atoms with Crippen LogP contribution in [0, 0.1) is 0 Å². The van der Waals surface area contributed by atoms with Crippen molar-refractivity contribution >= 4 is 0 Å². The molecule has 4 nitrogen and oxygen atoms in total. The Bertz CT molecular complexity index is 228. The summed E-state index contributed by atoms with van der Waals surface area (Å²) in [5.41, 5.74) is 0. The molecule has 0 amide bonds.